The van der Waals surface area contributed by atoms with E-state index in [0.717, 1.165) is 11.1 Å². The Morgan fingerprint density at radius 1 is 1.32 bits per heavy atom. The SMILES string of the molecule is Cc1ccc(C(N)C(=O)NC(C)Cn2cccn2)cc1.Cl.Cl. The standard InChI is InChI=1S/C15H20N4O.2ClH/c1-11-4-6-13(7-5-11)14(16)15(20)18-12(2)10-19-9-3-8-17-19;;/h3-9,12,14H,10,16H2,1-2H3,(H,18,20);2*1H. The van der Waals surface area contributed by atoms with Crippen molar-refractivity contribution in [2.45, 2.75) is 32.5 Å². The van der Waals surface area contributed by atoms with Crippen LogP contribution in [-0.4, -0.2) is 21.7 Å². The van der Waals surface area contributed by atoms with Gasteiger partial charge in [0, 0.05) is 18.4 Å². The monoisotopic (exact) mass is 344 g/mol. The summed E-state index contributed by atoms with van der Waals surface area (Å²) >= 11 is 0. The summed E-state index contributed by atoms with van der Waals surface area (Å²) in [6.07, 6.45) is 3.58. The van der Waals surface area contributed by atoms with E-state index < -0.39 is 6.04 Å². The van der Waals surface area contributed by atoms with Crippen LogP contribution in [0.25, 0.3) is 0 Å². The minimum atomic E-state index is -0.643. The minimum absolute atomic E-state index is 0. The lowest BCUT2D eigenvalue weighted by atomic mass is 10.1. The molecule has 1 aromatic heterocycles. The van der Waals surface area contributed by atoms with Crippen LogP contribution in [0, 0.1) is 6.92 Å². The number of amides is 1. The topological polar surface area (TPSA) is 72.9 Å². The number of nitrogens with one attached hydrogen (secondary N) is 1. The fourth-order valence-electron chi connectivity index (χ4n) is 1.99. The molecule has 0 bridgehead atoms. The molecule has 1 heterocycles. The smallest absolute Gasteiger partial charge is 0.241 e. The number of benzene rings is 1. The molecule has 0 aliphatic carbocycles. The second kappa shape index (κ2) is 9.46. The van der Waals surface area contributed by atoms with Gasteiger partial charge in [0.2, 0.25) is 5.91 Å². The molecule has 1 amide bonds. The van der Waals surface area contributed by atoms with Gasteiger partial charge in [0.1, 0.15) is 6.04 Å². The first-order chi connectivity index (χ1) is 9.56. The van der Waals surface area contributed by atoms with E-state index in [0.29, 0.717) is 6.54 Å². The van der Waals surface area contributed by atoms with Crippen molar-refractivity contribution in [3.8, 4) is 0 Å². The van der Waals surface area contributed by atoms with E-state index in [1.807, 2.05) is 50.4 Å². The molecule has 0 aliphatic rings. The van der Waals surface area contributed by atoms with E-state index in [1.54, 1.807) is 10.9 Å². The molecule has 0 aliphatic heterocycles. The molecule has 2 rings (SSSR count). The molecule has 0 fully saturated rings. The van der Waals surface area contributed by atoms with Gasteiger partial charge in [-0.25, -0.2) is 0 Å². The van der Waals surface area contributed by atoms with Gasteiger partial charge in [-0.05, 0) is 25.5 Å². The van der Waals surface area contributed by atoms with Gasteiger partial charge >= 0.3 is 0 Å². The third-order valence-electron chi connectivity index (χ3n) is 3.13. The average molecular weight is 345 g/mol. The Hall–Kier alpha value is -1.56. The van der Waals surface area contributed by atoms with Crippen molar-refractivity contribution in [2.75, 3.05) is 0 Å². The molecule has 7 heteroatoms. The number of carbonyl (C=O) groups is 1. The number of aryl methyl sites for hydroxylation is 1. The lowest BCUT2D eigenvalue weighted by Crippen LogP contribution is -2.41. The van der Waals surface area contributed by atoms with Gasteiger partial charge in [-0.3, -0.25) is 9.48 Å². The number of hydrogen-bond donors (Lipinski definition) is 2. The summed E-state index contributed by atoms with van der Waals surface area (Å²) in [5.74, 6) is -0.173. The van der Waals surface area contributed by atoms with Crippen molar-refractivity contribution >= 4 is 30.7 Å². The molecule has 0 saturated carbocycles. The highest BCUT2D eigenvalue weighted by molar-refractivity contribution is 5.85. The van der Waals surface area contributed by atoms with Gasteiger partial charge in [0.15, 0.2) is 0 Å². The Kier molecular flexibility index (Phi) is 8.79. The fourth-order valence-corrected chi connectivity index (χ4v) is 1.99. The van der Waals surface area contributed by atoms with Gasteiger partial charge < -0.3 is 11.1 Å². The molecule has 1 aromatic carbocycles. The highest BCUT2D eigenvalue weighted by Crippen LogP contribution is 2.11. The van der Waals surface area contributed by atoms with Crippen LogP contribution in [0.15, 0.2) is 42.7 Å². The van der Waals surface area contributed by atoms with Gasteiger partial charge in [0.25, 0.3) is 0 Å². The van der Waals surface area contributed by atoms with Crippen molar-refractivity contribution in [3.05, 3.63) is 53.9 Å². The highest BCUT2D eigenvalue weighted by Gasteiger charge is 2.17. The molecule has 0 spiro atoms. The van der Waals surface area contributed by atoms with E-state index in [1.165, 1.54) is 0 Å². The first kappa shape index (κ1) is 20.4. The highest BCUT2D eigenvalue weighted by atomic mass is 35.5. The summed E-state index contributed by atoms with van der Waals surface area (Å²) in [5, 5.41) is 7.02. The number of halogens is 2. The first-order valence-corrected chi connectivity index (χ1v) is 6.66. The molecule has 0 saturated heterocycles. The third-order valence-corrected chi connectivity index (χ3v) is 3.13. The number of carbonyl (C=O) groups excluding carboxylic acids is 1. The fraction of sp³-hybridized carbons (Fsp3) is 0.333. The maximum Gasteiger partial charge on any atom is 0.241 e. The average Bonchev–Trinajstić information content (AvgIpc) is 2.91. The maximum atomic E-state index is 12.1. The van der Waals surface area contributed by atoms with Gasteiger partial charge in [-0.2, -0.15) is 5.10 Å². The second-order valence-electron chi connectivity index (χ2n) is 5.03. The molecule has 2 unspecified atom stereocenters. The Morgan fingerprint density at radius 3 is 2.50 bits per heavy atom. The van der Waals surface area contributed by atoms with E-state index in [4.69, 9.17) is 5.73 Å². The molecular weight excluding hydrogens is 323 g/mol. The van der Waals surface area contributed by atoms with Crippen molar-refractivity contribution in [1.29, 1.82) is 0 Å². The van der Waals surface area contributed by atoms with Crippen LogP contribution in [0.1, 0.15) is 24.1 Å². The van der Waals surface area contributed by atoms with Crippen LogP contribution in [0.3, 0.4) is 0 Å². The molecule has 3 N–H and O–H groups in total. The summed E-state index contributed by atoms with van der Waals surface area (Å²) in [5.41, 5.74) is 7.94. The van der Waals surface area contributed by atoms with Crippen LogP contribution < -0.4 is 11.1 Å². The number of hydrogen-bond acceptors (Lipinski definition) is 3. The van der Waals surface area contributed by atoms with Crippen molar-refractivity contribution in [1.82, 2.24) is 15.1 Å². The Bertz CT molecular complexity index is 557. The summed E-state index contributed by atoms with van der Waals surface area (Å²) in [6, 6.07) is 8.86. The van der Waals surface area contributed by atoms with E-state index >= 15 is 0 Å². The molecule has 5 nitrogen and oxygen atoms in total. The molecule has 2 aromatic rings. The number of nitrogens with zero attached hydrogens (tertiary/aromatic N) is 2. The van der Waals surface area contributed by atoms with Crippen LogP contribution in [0.5, 0.6) is 0 Å². The first-order valence-electron chi connectivity index (χ1n) is 6.66. The van der Waals surface area contributed by atoms with E-state index in [-0.39, 0.29) is 36.8 Å². The van der Waals surface area contributed by atoms with Crippen molar-refractivity contribution < 1.29 is 4.79 Å². The molecule has 0 radical (unpaired) electrons. The van der Waals surface area contributed by atoms with E-state index in [9.17, 15) is 4.79 Å². The largest absolute Gasteiger partial charge is 0.350 e. The van der Waals surface area contributed by atoms with Crippen LogP contribution >= 0.6 is 24.8 Å². The molecule has 122 valence electrons. The Labute approximate surface area is 143 Å². The zero-order valence-corrected chi connectivity index (χ0v) is 14.2. The molecular formula is C15H22Cl2N4O. The quantitative estimate of drug-likeness (QED) is 0.873. The zero-order chi connectivity index (χ0) is 14.5. The van der Waals surface area contributed by atoms with E-state index in [2.05, 4.69) is 10.4 Å². The van der Waals surface area contributed by atoms with Gasteiger partial charge in [-0.15, -0.1) is 24.8 Å². The third kappa shape index (κ3) is 5.67. The Balaban J connectivity index is 0.00000220. The second-order valence-corrected chi connectivity index (χ2v) is 5.03. The van der Waals surface area contributed by atoms with Crippen molar-refractivity contribution in [2.24, 2.45) is 5.73 Å². The van der Waals surface area contributed by atoms with Crippen LogP contribution in [0.4, 0.5) is 0 Å². The maximum absolute atomic E-state index is 12.1. The lowest BCUT2D eigenvalue weighted by molar-refractivity contribution is -0.123. The van der Waals surface area contributed by atoms with Crippen LogP contribution in [-0.2, 0) is 11.3 Å². The number of rotatable bonds is 5. The summed E-state index contributed by atoms with van der Waals surface area (Å²) in [6.45, 7) is 4.56. The van der Waals surface area contributed by atoms with Crippen LogP contribution in [0.2, 0.25) is 0 Å². The lowest BCUT2D eigenvalue weighted by Gasteiger charge is -2.18. The van der Waals surface area contributed by atoms with Crippen molar-refractivity contribution in [3.63, 3.8) is 0 Å². The normalized spacial score (nSPS) is 12.5. The predicted molar refractivity (Wildman–Crippen MR) is 92.4 cm³/mol. The summed E-state index contributed by atoms with van der Waals surface area (Å²) in [4.78, 5) is 12.1. The Morgan fingerprint density at radius 2 is 1.95 bits per heavy atom. The zero-order valence-electron chi connectivity index (χ0n) is 12.6. The number of aromatic nitrogens is 2. The predicted octanol–water partition coefficient (Wildman–Crippen LogP) is 2.24. The number of nitrogens with two attached hydrogens (primary N) is 1. The molecule has 2 atom stereocenters. The summed E-state index contributed by atoms with van der Waals surface area (Å²) < 4.78 is 1.78. The van der Waals surface area contributed by atoms with Gasteiger partial charge in [-0.1, -0.05) is 29.8 Å². The van der Waals surface area contributed by atoms with Gasteiger partial charge in [0.05, 0.1) is 6.54 Å². The minimum Gasteiger partial charge on any atom is -0.350 e. The molecule has 22 heavy (non-hydrogen) atoms. The summed E-state index contributed by atoms with van der Waals surface area (Å²) in [7, 11) is 0.